The second-order valence-corrected chi connectivity index (χ2v) is 9.99. The van der Waals surface area contributed by atoms with Gasteiger partial charge in [0.1, 0.15) is 5.75 Å². The van der Waals surface area contributed by atoms with Crippen molar-refractivity contribution < 1.29 is 19.1 Å². The molecule has 0 saturated carbocycles. The average Bonchev–Trinajstić information content (AvgIpc) is 3.37. The molecular weight excluding hydrogens is 466 g/mol. The van der Waals surface area contributed by atoms with Gasteiger partial charge in [0.25, 0.3) is 5.91 Å². The summed E-state index contributed by atoms with van der Waals surface area (Å²) >= 11 is 0. The number of carbonyl (C=O) groups excluding carboxylic acids is 2. The van der Waals surface area contributed by atoms with Crippen LogP contribution in [0.5, 0.6) is 5.75 Å². The van der Waals surface area contributed by atoms with Crippen LogP contribution in [0, 0.1) is 0 Å². The molecule has 0 radical (unpaired) electrons. The Labute approximate surface area is 217 Å². The van der Waals surface area contributed by atoms with E-state index in [0.717, 1.165) is 50.4 Å². The number of rotatable bonds is 4. The van der Waals surface area contributed by atoms with Crippen molar-refractivity contribution in [3.8, 4) is 5.75 Å². The number of benzene rings is 3. The predicted molar refractivity (Wildman–Crippen MR) is 139 cm³/mol. The van der Waals surface area contributed by atoms with Gasteiger partial charge < -0.3 is 14.4 Å². The maximum absolute atomic E-state index is 13.9. The summed E-state index contributed by atoms with van der Waals surface area (Å²) in [5, 5.41) is 0. The Kier molecular flexibility index (Phi) is 6.64. The standard InChI is InChI=1S/C30H31N3O4/c34-29(33-20-24-7-5-4-6-22(24)17-27(33)21-31-12-14-36-15-13-31)23-10-11-25-18-32(19-26(25)16-23)30(35)37-28-8-2-1-3-9-28/h1-11,16,27H,12-15,17-21H2/t27-/m0/s1. The Balaban J connectivity index is 1.19. The van der Waals surface area contributed by atoms with E-state index >= 15 is 0 Å². The molecule has 2 amide bonds. The fourth-order valence-corrected chi connectivity index (χ4v) is 5.55. The zero-order chi connectivity index (χ0) is 25.2. The van der Waals surface area contributed by atoms with E-state index in [0.29, 0.717) is 30.9 Å². The van der Waals surface area contributed by atoms with Crippen molar-refractivity contribution >= 4 is 12.0 Å². The fourth-order valence-electron chi connectivity index (χ4n) is 5.55. The molecule has 3 aliphatic rings. The summed E-state index contributed by atoms with van der Waals surface area (Å²) in [4.78, 5) is 32.7. The van der Waals surface area contributed by atoms with E-state index in [1.807, 2.05) is 47.4 Å². The van der Waals surface area contributed by atoms with Gasteiger partial charge in [0.05, 0.1) is 13.2 Å². The molecule has 1 atom stereocenters. The zero-order valence-corrected chi connectivity index (χ0v) is 20.8. The van der Waals surface area contributed by atoms with Crippen LogP contribution >= 0.6 is 0 Å². The molecule has 7 heteroatoms. The molecule has 0 bridgehead atoms. The quantitative estimate of drug-likeness (QED) is 0.543. The van der Waals surface area contributed by atoms with Crippen molar-refractivity contribution in [1.29, 1.82) is 0 Å². The van der Waals surface area contributed by atoms with Crippen molar-refractivity contribution in [2.45, 2.75) is 32.1 Å². The van der Waals surface area contributed by atoms with Crippen LogP contribution in [0.3, 0.4) is 0 Å². The van der Waals surface area contributed by atoms with E-state index in [-0.39, 0.29) is 18.0 Å². The molecule has 3 heterocycles. The monoisotopic (exact) mass is 497 g/mol. The topological polar surface area (TPSA) is 62.3 Å². The average molecular weight is 498 g/mol. The number of para-hydroxylation sites is 1. The Morgan fingerprint density at radius 2 is 1.51 bits per heavy atom. The molecule has 0 N–H and O–H groups in total. The molecule has 1 fully saturated rings. The largest absolute Gasteiger partial charge is 0.415 e. The van der Waals surface area contributed by atoms with E-state index in [9.17, 15) is 9.59 Å². The van der Waals surface area contributed by atoms with E-state index in [1.54, 1.807) is 17.0 Å². The predicted octanol–water partition coefficient (Wildman–Crippen LogP) is 4.10. The first-order valence-electron chi connectivity index (χ1n) is 13.0. The molecular formula is C30H31N3O4. The highest BCUT2D eigenvalue weighted by Gasteiger charge is 2.33. The van der Waals surface area contributed by atoms with Gasteiger partial charge in [0.15, 0.2) is 0 Å². The van der Waals surface area contributed by atoms with Crippen LogP contribution in [-0.2, 0) is 30.8 Å². The van der Waals surface area contributed by atoms with Gasteiger partial charge in [-0.3, -0.25) is 14.6 Å². The number of morpholine rings is 1. The van der Waals surface area contributed by atoms with Gasteiger partial charge >= 0.3 is 6.09 Å². The van der Waals surface area contributed by atoms with E-state index in [2.05, 4.69) is 23.1 Å². The minimum atomic E-state index is -0.381. The Morgan fingerprint density at radius 3 is 2.32 bits per heavy atom. The lowest BCUT2D eigenvalue weighted by atomic mass is 9.92. The number of fused-ring (bicyclic) bond motifs is 2. The minimum absolute atomic E-state index is 0.0425. The lowest BCUT2D eigenvalue weighted by Gasteiger charge is -2.40. The smallest absolute Gasteiger partial charge is 0.410 e. The maximum Gasteiger partial charge on any atom is 0.415 e. The Hall–Kier alpha value is -3.68. The molecule has 0 aliphatic carbocycles. The summed E-state index contributed by atoms with van der Waals surface area (Å²) in [6.07, 6.45) is 0.469. The third-order valence-corrected chi connectivity index (χ3v) is 7.57. The van der Waals surface area contributed by atoms with E-state index in [4.69, 9.17) is 9.47 Å². The normalized spacial score (nSPS) is 19.3. The highest BCUT2D eigenvalue weighted by Crippen LogP contribution is 2.29. The molecule has 0 unspecified atom stereocenters. The van der Waals surface area contributed by atoms with Crippen LogP contribution in [0.25, 0.3) is 0 Å². The molecule has 7 nitrogen and oxygen atoms in total. The molecule has 0 spiro atoms. The van der Waals surface area contributed by atoms with Crippen LogP contribution in [0.2, 0.25) is 0 Å². The number of nitrogens with zero attached hydrogens (tertiary/aromatic N) is 3. The summed E-state index contributed by atoms with van der Waals surface area (Å²) in [7, 11) is 0. The number of carbonyl (C=O) groups is 2. The summed E-state index contributed by atoms with van der Waals surface area (Å²) in [6.45, 7) is 5.64. The third-order valence-electron chi connectivity index (χ3n) is 7.57. The first-order valence-corrected chi connectivity index (χ1v) is 13.0. The highest BCUT2D eigenvalue weighted by atomic mass is 16.6. The lowest BCUT2D eigenvalue weighted by Crippen LogP contribution is -2.52. The maximum atomic E-state index is 13.9. The molecule has 190 valence electrons. The van der Waals surface area contributed by atoms with Gasteiger partial charge in [-0.25, -0.2) is 4.79 Å². The number of ether oxygens (including phenoxy) is 2. The molecule has 3 aliphatic heterocycles. The second kappa shape index (κ2) is 10.4. The van der Waals surface area contributed by atoms with Crippen LogP contribution in [0.1, 0.15) is 32.6 Å². The van der Waals surface area contributed by atoms with Crippen molar-refractivity contribution in [3.63, 3.8) is 0 Å². The summed E-state index contributed by atoms with van der Waals surface area (Å²) in [6, 6.07) is 23.5. The molecule has 37 heavy (non-hydrogen) atoms. The lowest BCUT2D eigenvalue weighted by molar-refractivity contribution is 0.0193. The summed E-state index contributed by atoms with van der Waals surface area (Å²) in [5.41, 5.74) is 5.26. The third kappa shape index (κ3) is 5.10. The summed E-state index contributed by atoms with van der Waals surface area (Å²) in [5.74, 6) is 0.567. The van der Waals surface area contributed by atoms with Crippen LogP contribution in [-0.4, -0.2) is 65.6 Å². The van der Waals surface area contributed by atoms with E-state index in [1.165, 1.54) is 11.1 Å². The van der Waals surface area contributed by atoms with Crippen molar-refractivity contribution in [3.05, 3.63) is 101 Å². The van der Waals surface area contributed by atoms with E-state index < -0.39 is 0 Å². The summed E-state index contributed by atoms with van der Waals surface area (Å²) < 4.78 is 11.1. The Bertz CT molecular complexity index is 1290. The van der Waals surface area contributed by atoms with Crippen molar-refractivity contribution in [1.82, 2.24) is 14.7 Å². The van der Waals surface area contributed by atoms with Gasteiger partial charge in [-0.05, 0) is 52.9 Å². The molecule has 3 aromatic rings. The van der Waals surface area contributed by atoms with Gasteiger partial charge in [0, 0.05) is 50.9 Å². The van der Waals surface area contributed by atoms with Crippen molar-refractivity contribution in [2.24, 2.45) is 0 Å². The van der Waals surface area contributed by atoms with Crippen LogP contribution in [0.15, 0.2) is 72.8 Å². The van der Waals surface area contributed by atoms with Crippen LogP contribution < -0.4 is 4.74 Å². The van der Waals surface area contributed by atoms with Crippen LogP contribution in [0.4, 0.5) is 4.79 Å². The molecule has 1 saturated heterocycles. The second-order valence-electron chi connectivity index (χ2n) is 9.99. The number of hydrogen-bond donors (Lipinski definition) is 0. The fraction of sp³-hybridized carbons (Fsp3) is 0.333. The SMILES string of the molecule is O=C(Oc1ccccc1)N1Cc2ccc(C(=O)N3Cc4ccccc4C[C@H]3CN3CCOCC3)cc2C1. The molecule has 6 rings (SSSR count). The number of amides is 2. The van der Waals surface area contributed by atoms with Gasteiger partial charge in [0.2, 0.25) is 0 Å². The van der Waals surface area contributed by atoms with Gasteiger partial charge in [-0.2, -0.15) is 0 Å². The highest BCUT2D eigenvalue weighted by molar-refractivity contribution is 5.95. The van der Waals surface area contributed by atoms with Gasteiger partial charge in [-0.15, -0.1) is 0 Å². The van der Waals surface area contributed by atoms with Gasteiger partial charge in [-0.1, -0.05) is 48.5 Å². The minimum Gasteiger partial charge on any atom is -0.410 e. The zero-order valence-electron chi connectivity index (χ0n) is 20.8. The number of hydrogen-bond acceptors (Lipinski definition) is 5. The molecule has 0 aromatic heterocycles. The molecule has 3 aromatic carbocycles. The van der Waals surface area contributed by atoms with Crippen molar-refractivity contribution in [2.75, 3.05) is 32.8 Å². The first kappa shape index (κ1) is 23.7. The first-order chi connectivity index (χ1) is 18.1. The Morgan fingerprint density at radius 1 is 0.811 bits per heavy atom.